The third kappa shape index (κ3) is 2.52. The summed E-state index contributed by atoms with van der Waals surface area (Å²) in [5.74, 6) is -0.304. The minimum absolute atomic E-state index is 0.239. The van der Waals surface area contributed by atoms with Crippen molar-refractivity contribution in [2.45, 2.75) is 26.8 Å². The molecule has 0 bridgehead atoms. The van der Waals surface area contributed by atoms with Gasteiger partial charge in [0.2, 0.25) is 0 Å². The summed E-state index contributed by atoms with van der Waals surface area (Å²) in [4.78, 5) is 11.1. The number of carboxylic acid groups (broad SMARTS) is 1. The van der Waals surface area contributed by atoms with E-state index in [1.165, 1.54) is 6.07 Å². The Morgan fingerprint density at radius 3 is 2.75 bits per heavy atom. The van der Waals surface area contributed by atoms with Gasteiger partial charge < -0.3 is 9.84 Å². The topological polar surface area (TPSA) is 64.4 Å². The van der Waals surface area contributed by atoms with Gasteiger partial charge in [-0.3, -0.25) is 4.68 Å². The number of aryl methyl sites for hydroxylation is 1. The molecule has 5 heteroatoms. The Labute approximate surface area is 117 Å². The van der Waals surface area contributed by atoms with Gasteiger partial charge in [0.05, 0.1) is 18.9 Å². The smallest absolute Gasteiger partial charge is 0.335 e. The number of hydrogen-bond acceptors (Lipinski definition) is 3. The molecule has 20 heavy (non-hydrogen) atoms. The van der Waals surface area contributed by atoms with Crippen LogP contribution in [0.5, 0.6) is 5.75 Å². The lowest BCUT2D eigenvalue weighted by Gasteiger charge is -2.10. The predicted octanol–water partition coefficient (Wildman–Crippen LogP) is 2.98. The fourth-order valence-electron chi connectivity index (χ4n) is 2.20. The van der Waals surface area contributed by atoms with Gasteiger partial charge in [-0.1, -0.05) is 6.92 Å². The number of methoxy groups -OCH3 is 1. The summed E-state index contributed by atoms with van der Waals surface area (Å²) in [6.45, 7) is 4.91. The molecule has 0 radical (unpaired) electrons. The van der Waals surface area contributed by atoms with E-state index >= 15 is 0 Å². The summed E-state index contributed by atoms with van der Waals surface area (Å²) in [6, 6.07) is 4.84. The van der Waals surface area contributed by atoms with Gasteiger partial charge in [0.25, 0.3) is 0 Å². The number of carboxylic acids is 1. The zero-order valence-corrected chi connectivity index (χ0v) is 11.9. The highest BCUT2D eigenvalue weighted by Gasteiger charge is 2.15. The number of benzene rings is 1. The van der Waals surface area contributed by atoms with Crippen LogP contribution in [0.2, 0.25) is 0 Å². The maximum Gasteiger partial charge on any atom is 0.335 e. The molecule has 1 aromatic carbocycles. The average Bonchev–Trinajstić information content (AvgIpc) is 2.80. The molecule has 0 aliphatic heterocycles. The minimum Gasteiger partial charge on any atom is -0.496 e. The summed E-state index contributed by atoms with van der Waals surface area (Å²) >= 11 is 0. The van der Waals surface area contributed by atoms with Crippen molar-refractivity contribution < 1.29 is 14.6 Å². The van der Waals surface area contributed by atoms with Crippen LogP contribution in [0.15, 0.2) is 24.4 Å². The zero-order chi connectivity index (χ0) is 14.7. The molecule has 1 aromatic heterocycles. The summed E-state index contributed by atoms with van der Waals surface area (Å²) in [6.07, 6.45) is 2.75. The molecule has 1 N–H and O–H groups in total. The van der Waals surface area contributed by atoms with Gasteiger partial charge in [-0.25, -0.2) is 4.79 Å². The molecule has 0 saturated carbocycles. The van der Waals surface area contributed by atoms with Crippen molar-refractivity contribution in [3.63, 3.8) is 0 Å². The first kappa shape index (κ1) is 14.1. The monoisotopic (exact) mass is 274 g/mol. The van der Waals surface area contributed by atoms with Crippen LogP contribution in [0.1, 0.15) is 29.4 Å². The molecule has 0 amide bonds. The number of aromatic carboxylic acids is 1. The number of ether oxygens (including phenoxy) is 1. The SMILES string of the molecule is CCCn1ncc(-c2cc(C(=O)O)ccc2OC)c1C. The van der Waals surface area contributed by atoms with Crippen molar-refractivity contribution in [2.24, 2.45) is 0 Å². The molecule has 0 aliphatic rings. The predicted molar refractivity (Wildman–Crippen MR) is 76.2 cm³/mol. The lowest BCUT2D eigenvalue weighted by Crippen LogP contribution is -2.01. The fourth-order valence-corrected chi connectivity index (χ4v) is 2.20. The quantitative estimate of drug-likeness (QED) is 0.910. The largest absolute Gasteiger partial charge is 0.496 e. The van der Waals surface area contributed by atoms with Gasteiger partial charge in [-0.2, -0.15) is 5.10 Å². The van der Waals surface area contributed by atoms with Gasteiger partial charge in [0.1, 0.15) is 5.75 Å². The molecule has 0 spiro atoms. The molecule has 2 rings (SSSR count). The van der Waals surface area contributed by atoms with Crippen LogP contribution in [0.4, 0.5) is 0 Å². The van der Waals surface area contributed by atoms with Crippen LogP contribution in [0, 0.1) is 6.92 Å². The number of hydrogen-bond donors (Lipinski definition) is 1. The third-order valence-corrected chi connectivity index (χ3v) is 3.28. The van der Waals surface area contributed by atoms with E-state index in [0.29, 0.717) is 5.75 Å². The lowest BCUT2D eigenvalue weighted by molar-refractivity contribution is 0.0697. The molecule has 0 saturated heterocycles. The van der Waals surface area contributed by atoms with Crippen molar-refractivity contribution >= 4 is 5.97 Å². The Bertz CT molecular complexity index is 632. The Hall–Kier alpha value is -2.30. The Morgan fingerprint density at radius 2 is 2.15 bits per heavy atom. The van der Waals surface area contributed by atoms with E-state index in [4.69, 9.17) is 9.84 Å². The van der Waals surface area contributed by atoms with Crippen LogP contribution in [0.3, 0.4) is 0 Å². The van der Waals surface area contributed by atoms with E-state index in [2.05, 4.69) is 12.0 Å². The first-order chi connectivity index (χ1) is 9.58. The standard InChI is InChI=1S/C15H18N2O3/c1-4-7-17-10(2)13(9-16-17)12-8-11(15(18)19)5-6-14(12)20-3/h5-6,8-9H,4,7H2,1-3H3,(H,18,19). The van der Waals surface area contributed by atoms with Gasteiger partial charge >= 0.3 is 5.97 Å². The summed E-state index contributed by atoms with van der Waals surface area (Å²) in [5, 5.41) is 13.5. The number of nitrogens with zero attached hydrogens (tertiary/aromatic N) is 2. The second-order valence-electron chi connectivity index (χ2n) is 4.59. The van der Waals surface area contributed by atoms with E-state index in [1.54, 1.807) is 25.4 Å². The molecule has 0 atom stereocenters. The molecule has 0 fully saturated rings. The van der Waals surface area contributed by atoms with Gasteiger partial charge in [0.15, 0.2) is 0 Å². The summed E-state index contributed by atoms with van der Waals surface area (Å²) < 4.78 is 7.25. The van der Waals surface area contributed by atoms with Crippen LogP contribution >= 0.6 is 0 Å². The fraction of sp³-hybridized carbons (Fsp3) is 0.333. The second-order valence-corrected chi connectivity index (χ2v) is 4.59. The van der Waals surface area contributed by atoms with E-state index in [0.717, 1.165) is 29.8 Å². The van der Waals surface area contributed by atoms with E-state index in [9.17, 15) is 4.79 Å². The molecule has 0 aliphatic carbocycles. The number of rotatable bonds is 5. The maximum atomic E-state index is 11.1. The maximum absolute atomic E-state index is 11.1. The van der Waals surface area contributed by atoms with E-state index < -0.39 is 5.97 Å². The number of aromatic nitrogens is 2. The van der Waals surface area contributed by atoms with Crippen LogP contribution in [-0.4, -0.2) is 28.0 Å². The van der Waals surface area contributed by atoms with Crippen LogP contribution < -0.4 is 4.74 Å². The summed E-state index contributed by atoms with van der Waals surface area (Å²) in [5.41, 5.74) is 2.90. The van der Waals surface area contributed by atoms with Crippen LogP contribution in [-0.2, 0) is 6.54 Å². The zero-order valence-electron chi connectivity index (χ0n) is 11.9. The van der Waals surface area contributed by atoms with Crippen molar-refractivity contribution in [2.75, 3.05) is 7.11 Å². The molecule has 5 nitrogen and oxygen atoms in total. The molecular formula is C15H18N2O3. The molecular weight excluding hydrogens is 256 g/mol. The Balaban J connectivity index is 2.55. The number of carbonyl (C=O) groups is 1. The molecule has 106 valence electrons. The summed E-state index contributed by atoms with van der Waals surface area (Å²) in [7, 11) is 1.57. The molecule has 0 unspecified atom stereocenters. The van der Waals surface area contributed by atoms with Gasteiger partial charge in [-0.05, 0) is 31.5 Å². The molecule has 2 aromatic rings. The highest BCUT2D eigenvalue weighted by Crippen LogP contribution is 2.33. The third-order valence-electron chi connectivity index (χ3n) is 3.28. The van der Waals surface area contributed by atoms with Crippen molar-refractivity contribution in [3.05, 3.63) is 35.7 Å². The van der Waals surface area contributed by atoms with Crippen LogP contribution in [0.25, 0.3) is 11.1 Å². The normalized spacial score (nSPS) is 10.6. The second kappa shape index (κ2) is 5.77. The van der Waals surface area contributed by atoms with Crippen molar-refractivity contribution in [1.29, 1.82) is 0 Å². The van der Waals surface area contributed by atoms with E-state index in [-0.39, 0.29) is 5.56 Å². The van der Waals surface area contributed by atoms with E-state index in [1.807, 2.05) is 11.6 Å². The Kier molecular flexibility index (Phi) is 4.08. The van der Waals surface area contributed by atoms with Gasteiger partial charge in [-0.15, -0.1) is 0 Å². The Morgan fingerprint density at radius 1 is 1.40 bits per heavy atom. The highest BCUT2D eigenvalue weighted by molar-refractivity contribution is 5.90. The van der Waals surface area contributed by atoms with Crippen molar-refractivity contribution in [3.8, 4) is 16.9 Å². The first-order valence-electron chi connectivity index (χ1n) is 6.52. The highest BCUT2D eigenvalue weighted by atomic mass is 16.5. The van der Waals surface area contributed by atoms with Gasteiger partial charge in [0, 0.05) is 23.4 Å². The average molecular weight is 274 g/mol. The lowest BCUT2D eigenvalue weighted by atomic mass is 10.0. The first-order valence-corrected chi connectivity index (χ1v) is 6.52. The van der Waals surface area contributed by atoms with Crippen molar-refractivity contribution in [1.82, 2.24) is 9.78 Å². The minimum atomic E-state index is -0.951. The molecule has 1 heterocycles.